The first-order valence-electron chi connectivity index (χ1n) is 8.85. The highest BCUT2D eigenvalue weighted by Gasteiger charge is 2.31. The summed E-state index contributed by atoms with van der Waals surface area (Å²) >= 11 is 0. The molecule has 4 rings (SSSR count). The molecule has 3 heterocycles. The number of anilines is 1. The number of carbonyl (C=O) groups is 1. The van der Waals surface area contributed by atoms with E-state index in [1.807, 2.05) is 40.9 Å². The lowest BCUT2D eigenvalue weighted by Crippen LogP contribution is -2.32. The predicted octanol–water partition coefficient (Wildman–Crippen LogP) is 3.42. The summed E-state index contributed by atoms with van der Waals surface area (Å²) < 4.78 is 15.1. The lowest BCUT2D eigenvalue weighted by molar-refractivity contribution is -0.131. The van der Waals surface area contributed by atoms with Gasteiger partial charge < -0.3 is 14.6 Å². The van der Waals surface area contributed by atoms with Crippen LogP contribution < -0.4 is 5.32 Å². The van der Waals surface area contributed by atoms with E-state index in [0.29, 0.717) is 0 Å². The zero-order valence-electron chi connectivity index (χ0n) is 14.7. The van der Waals surface area contributed by atoms with Gasteiger partial charge in [0.2, 0.25) is 5.91 Å². The van der Waals surface area contributed by atoms with Crippen LogP contribution in [0, 0.1) is 5.82 Å². The molecule has 1 aromatic carbocycles. The first-order chi connectivity index (χ1) is 12.7. The highest BCUT2D eigenvalue weighted by molar-refractivity contribution is 5.79. The molecule has 5 nitrogen and oxygen atoms in total. The van der Waals surface area contributed by atoms with Crippen molar-refractivity contribution in [3.8, 4) is 0 Å². The number of hydrogen-bond acceptors (Lipinski definition) is 3. The molecule has 1 atom stereocenters. The summed E-state index contributed by atoms with van der Waals surface area (Å²) in [5, 5.41) is 3.14. The number of likely N-dealkylation sites (tertiary alicyclic amines) is 1. The molecule has 134 valence electrons. The molecule has 1 N–H and O–H groups in total. The number of hydrogen-bond donors (Lipinski definition) is 1. The third-order valence-corrected chi connectivity index (χ3v) is 4.95. The number of fused-ring (bicyclic) bond motifs is 1. The molecule has 1 saturated heterocycles. The van der Waals surface area contributed by atoms with Crippen molar-refractivity contribution in [2.75, 3.05) is 18.9 Å². The molecular formula is C20H21FN4O. The van der Waals surface area contributed by atoms with Crippen LogP contribution in [0.25, 0.3) is 5.52 Å². The molecule has 26 heavy (non-hydrogen) atoms. The van der Waals surface area contributed by atoms with Gasteiger partial charge in [-0.1, -0.05) is 12.1 Å². The van der Waals surface area contributed by atoms with Gasteiger partial charge in [0.1, 0.15) is 11.6 Å². The second-order valence-corrected chi connectivity index (χ2v) is 6.61. The van der Waals surface area contributed by atoms with Crippen LogP contribution in [0.15, 0.2) is 48.8 Å². The van der Waals surface area contributed by atoms with Crippen LogP contribution in [-0.2, 0) is 11.2 Å². The number of amides is 1. The predicted molar refractivity (Wildman–Crippen MR) is 98.5 cm³/mol. The Kier molecular flexibility index (Phi) is 4.32. The van der Waals surface area contributed by atoms with Gasteiger partial charge in [0.15, 0.2) is 0 Å². The van der Waals surface area contributed by atoms with Crippen LogP contribution in [0.5, 0.6) is 0 Å². The Morgan fingerprint density at radius 3 is 2.88 bits per heavy atom. The number of benzene rings is 1. The van der Waals surface area contributed by atoms with Crippen molar-refractivity contribution in [3.05, 3.63) is 65.9 Å². The molecule has 0 bridgehead atoms. The Balaban J connectivity index is 1.60. The summed E-state index contributed by atoms with van der Waals surface area (Å²) in [6.07, 6.45) is 6.13. The SMILES string of the molecule is CNc1nc([C@H]2CCCN2C(=O)Cc2ccc(F)cc2)cn2cccc12. The van der Waals surface area contributed by atoms with Crippen LogP contribution in [0.3, 0.4) is 0 Å². The third kappa shape index (κ3) is 3.03. The standard InChI is InChI=1S/C20H21FN4O/c1-22-20-18-5-2-10-24(18)13-16(23-20)17-4-3-11-25(17)19(26)12-14-6-8-15(21)9-7-14/h2,5-10,13,17H,3-4,11-12H2,1H3,(H,22,23)/t17-/m1/s1. The molecule has 0 aliphatic carbocycles. The quantitative estimate of drug-likeness (QED) is 0.783. The van der Waals surface area contributed by atoms with E-state index in [1.54, 1.807) is 12.1 Å². The topological polar surface area (TPSA) is 49.6 Å². The van der Waals surface area contributed by atoms with Crippen molar-refractivity contribution in [1.82, 2.24) is 14.3 Å². The van der Waals surface area contributed by atoms with Gasteiger partial charge in [0, 0.05) is 26.0 Å². The van der Waals surface area contributed by atoms with E-state index < -0.39 is 0 Å². The largest absolute Gasteiger partial charge is 0.371 e. The van der Waals surface area contributed by atoms with E-state index in [1.165, 1.54) is 12.1 Å². The van der Waals surface area contributed by atoms with Crippen molar-refractivity contribution < 1.29 is 9.18 Å². The van der Waals surface area contributed by atoms with Crippen molar-refractivity contribution >= 4 is 17.2 Å². The Morgan fingerprint density at radius 2 is 2.12 bits per heavy atom. The van der Waals surface area contributed by atoms with Gasteiger partial charge in [-0.3, -0.25) is 4.79 Å². The molecule has 1 fully saturated rings. The van der Waals surface area contributed by atoms with Gasteiger partial charge in [-0.15, -0.1) is 0 Å². The summed E-state index contributed by atoms with van der Waals surface area (Å²) in [4.78, 5) is 19.5. The van der Waals surface area contributed by atoms with E-state index in [2.05, 4.69) is 5.32 Å². The summed E-state index contributed by atoms with van der Waals surface area (Å²) in [5.74, 6) is 0.578. The van der Waals surface area contributed by atoms with Gasteiger partial charge in [0.05, 0.1) is 23.7 Å². The summed E-state index contributed by atoms with van der Waals surface area (Å²) in [6, 6.07) is 10.1. The Hall–Kier alpha value is -2.89. The Labute approximate surface area is 151 Å². The minimum atomic E-state index is -0.288. The van der Waals surface area contributed by atoms with Crippen molar-refractivity contribution in [3.63, 3.8) is 0 Å². The molecule has 1 amide bonds. The molecule has 0 saturated carbocycles. The van der Waals surface area contributed by atoms with Gasteiger partial charge >= 0.3 is 0 Å². The van der Waals surface area contributed by atoms with Gasteiger partial charge in [-0.2, -0.15) is 0 Å². The van der Waals surface area contributed by atoms with Crippen molar-refractivity contribution in [2.45, 2.75) is 25.3 Å². The highest BCUT2D eigenvalue weighted by Crippen LogP contribution is 2.32. The average molecular weight is 352 g/mol. The van der Waals surface area contributed by atoms with Crippen LogP contribution >= 0.6 is 0 Å². The van der Waals surface area contributed by atoms with E-state index in [-0.39, 0.29) is 24.2 Å². The minimum Gasteiger partial charge on any atom is -0.371 e. The molecule has 6 heteroatoms. The van der Waals surface area contributed by atoms with Crippen molar-refractivity contribution in [2.24, 2.45) is 0 Å². The number of halogens is 1. The van der Waals surface area contributed by atoms with Gasteiger partial charge in [-0.05, 0) is 42.7 Å². The number of rotatable bonds is 4. The maximum Gasteiger partial charge on any atom is 0.227 e. The fraction of sp³-hybridized carbons (Fsp3) is 0.300. The zero-order chi connectivity index (χ0) is 18.1. The minimum absolute atomic E-state index is 0.0261. The molecule has 2 aromatic heterocycles. The summed E-state index contributed by atoms with van der Waals surface area (Å²) in [5.41, 5.74) is 2.73. The first-order valence-corrected chi connectivity index (χ1v) is 8.85. The number of nitrogens with zero attached hydrogens (tertiary/aromatic N) is 3. The lowest BCUT2D eigenvalue weighted by atomic mass is 10.1. The van der Waals surface area contributed by atoms with E-state index in [9.17, 15) is 9.18 Å². The van der Waals surface area contributed by atoms with Crippen LogP contribution in [0.1, 0.15) is 30.1 Å². The molecule has 3 aromatic rings. The van der Waals surface area contributed by atoms with E-state index in [4.69, 9.17) is 4.98 Å². The Morgan fingerprint density at radius 1 is 1.31 bits per heavy atom. The Bertz CT molecular complexity index is 935. The number of carbonyl (C=O) groups excluding carboxylic acids is 1. The third-order valence-electron chi connectivity index (χ3n) is 4.95. The first kappa shape index (κ1) is 16.6. The maximum atomic E-state index is 13.1. The molecule has 0 spiro atoms. The summed E-state index contributed by atoms with van der Waals surface area (Å²) in [6.45, 7) is 0.727. The summed E-state index contributed by atoms with van der Waals surface area (Å²) in [7, 11) is 1.85. The lowest BCUT2D eigenvalue weighted by Gasteiger charge is -2.25. The second kappa shape index (κ2) is 6.78. The van der Waals surface area contributed by atoms with Crippen LogP contribution in [0.2, 0.25) is 0 Å². The van der Waals surface area contributed by atoms with Crippen LogP contribution in [0.4, 0.5) is 10.2 Å². The van der Waals surface area contributed by atoms with Gasteiger partial charge in [-0.25, -0.2) is 9.37 Å². The van der Waals surface area contributed by atoms with Gasteiger partial charge in [0.25, 0.3) is 0 Å². The molecule has 0 radical (unpaired) electrons. The molecule has 1 aliphatic heterocycles. The highest BCUT2D eigenvalue weighted by atomic mass is 19.1. The van der Waals surface area contributed by atoms with Crippen LogP contribution in [-0.4, -0.2) is 33.8 Å². The zero-order valence-corrected chi connectivity index (χ0v) is 14.7. The fourth-order valence-electron chi connectivity index (χ4n) is 3.66. The van der Waals surface area contributed by atoms with Crippen molar-refractivity contribution in [1.29, 1.82) is 0 Å². The maximum absolute atomic E-state index is 13.1. The fourth-order valence-corrected chi connectivity index (χ4v) is 3.66. The number of nitrogens with one attached hydrogen (secondary N) is 1. The smallest absolute Gasteiger partial charge is 0.227 e. The number of aromatic nitrogens is 2. The van der Waals surface area contributed by atoms with E-state index in [0.717, 1.165) is 42.0 Å². The second-order valence-electron chi connectivity index (χ2n) is 6.61. The monoisotopic (exact) mass is 352 g/mol. The average Bonchev–Trinajstić information content (AvgIpc) is 3.31. The molecule has 1 aliphatic rings. The van der Waals surface area contributed by atoms with E-state index >= 15 is 0 Å². The molecule has 0 unspecified atom stereocenters. The normalized spacial score (nSPS) is 17.0. The molecular weight excluding hydrogens is 331 g/mol.